The van der Waals surface area contributed by atoms with Crippen LogP contribution >= 0.6 is 0 Å². The van der Waals surface area contributed by atoms with E-state index in [1.54, 1.807) is 0 Å². The van der Waals surface area contributed by atoms with Crippen molar-refractivity contribution in [2.75, 3.05) is 0 Å². The summed E-state index contributed by atoms with van der Waals surface area (Å²) in [7, 11) is 0. The number of halogens is 3. The van der Waals surface area contributed by atoms with Gasteiger partial charge >= 0.3 is 6.36 Å². The van der Waals surface area contributed by atoms with Crippen molar-refractivity contribution in [3.05, 3.63) is 23.8 Å². The van der Waals surface area contributed by atoms with Gasteiger partial charge in [0, 0.05) is 5.57 Å². The van der Waals surface area contributed by atoms with Crippen molar-refractivity contribution >= 4 is 17.4 Å². The van der Waals surface area contributed by atoms with Crippen LogP contribution in [0.5, 0.6) is 0 Å². The van der Waals surface area contributed by atoms with Crippen molar-refractivity contribution in [1.82, 2.24) is 0 Å². The van der Waals surface area contributed by atoms with Crippen molar-refractivity contribution in [2.45, 2.75) is 12.5 Å². The number of carboxylic acids is 1. The normalized spacial score (nSPS) is 22.8. The number of carbonyl (C=O) groups is 1. The molecule has 0 spiro atoms. The van der Waals surface area contributed by atoms with Gasteiger partial charge in [0.25, 0.3) is 0 Å². The number of alkyl halides is 3. The molecule has 1 unspecified atom stereocenters. The lowest BCUT2D eigenvalue weighted by Crippen LogP contribution is -2.37. The molecule has 1 atom stereocenters. The van der Waals surface area contributed by atoms with E-state index in [1.165, 1.54) is 12.2 Å². The fraction of sp³-hybridized carbons (Fsp3) is 0.222. The fourth-order valence-corrected chi connectivity index (χ4v) is 1.44. The number of hydrogen-bond donors (Lipinski definition) is 0. The molecular weight excluding hydrogens is 241 g/mol. The van der Waals surface area contributed by atoms with Crippen LogP contribution in [-0.2, 0) is 9.53 Å². The predicted octanol–water partition coefficient (Wildman–Crippen LogP) is -0.0519. The Hall–Kier alpha value is -1.96. The highest BCUT2D eigenvalue weighted by atomic mass is 19.4. The van der Waals surface area contributed by atoms with Crippen molar-refractivity contribution in [2.24, 2.45) is 10.2 Å². The Balaban J connectivity index is 2.23. The summed E-state index contributed by atoms with van der Waals surface area (Å²) in [5.41, 5.74) is -0.717. The first-order chi connectivity index (χ1) is 7.88. The summed E-state index contributed by atoms with van der Waals surface area (Å²) < 4.78 is 39.9. The van der Waals surface area contributed by atoms with Gasteiger partial charge in [-0.05, 0) is 6.08 Å². The van der Waals surface area contributed by atoms with Crippen LogP contribution in [0.1, 0.15) is 0 Å². The van der Waals surface area contributed by atoms with Gasteiger partial charge in [-0.2, -0.15) is 5.10 Å². The second kappa shape index (κ2) is 3.81. The molecule has 2 aliphatic rings. The first kappa shape index (κ1) is 11.5. The number of nitrogens with zero attached hydrogens (tertiary/aromatic N) is 2. The van der Waals surface area contributed by atoms with Crippen molar-refractivity contribution in [3.63, 3.8) is 0 Å². The van der Waals surface area contributed by atoms with E-state index in [2.05, 4.69) is 14.9 Å². The average Bonchev–Trinajstić information content (AvgIpc) is 2.59. The molecule has 8 heteroatoms. The van der Waals surface area contributed by atoms with Gasteiger partial charge in [0.05, 0.1) is 5.97 Å². The Labute approximate surface area is 92.6 Å². The molecule has 0 saturated heterocycles. The number of hydrogen-bond acceptors (Lipinski definition) is 5. The van der Waals surface area contributed by atoms with E-state index in [9.17, 15) is 23.1 Å². The largest absolute Gasteiger partial charge is 0.543 e. The number of aliphatic carboxylic acids is 1. The Morgan fingerprint density at radius 2 is 2.12 bits per heavy atom. The van der Waals surface area contributed by atoms with Crippen LogP contribution in [0.15, 0.2) is 34.0 Å². The van der Waals surface area contributed by atoms with E-state index in [-0.39, 0.29) is 11.3 Å². The van der Waals surface area contributed by atoms with Gasteiger partial charge in [-0.1, -0.05) is 12.2 Å². The van der Waals surface area contributed by atoms with E-state index in [4.69, 9.17) is 0 Å². The molecule has 0 aromatic rings. The van der Waals surface area contributed by atoms with Gasteiger partial charge in [0.2, 0.25) is 0 Å². The van der Waals surface area contributed by atoms with Crippen LogP contribution in [-0.4, -0.2) is 29.9 Å². The molecule has 1 heterocycles. The number of fused-ring (bicyclic) bond motifs is 1. The maximum atomic E-state index is 12.1. The molecule has 1 aliphatic heterocycles. The van der Waals surface area contributed by atoms with Gasteiger partial charge in [0.15, 0.2) is 0 Å². The van der Waals surface area contributed by atoms with Crippen LogP contribution in [0.3, 0.4) is 0 Å². The molecule has 17 heavy (non-hydrogen) atoms. The van der Waals surface area contributed by atoms with Gasteiger partial charge in [-0.15, -0.1) is 18.3 Å². The summed E-state index contributed by atoms with van der Waals surface area (Å²) in [6.07, 6.45) is -2.70. The molecule has 90 valence electrons. The molecule has 0 bridgehead atoms. The molecule has 5 nitrogen and oxygen atoms in total. The zero-order valence-electron chi connectivity index (χ0n) is 8.06. The molecule has 0 saturated carbocycles. The minimum atomic E-state index is -4.84. The zero-order chi connectivity index (χ0) is 12.6. The minimum Gasteiger partial charge on any atom is -0.543 e. The molecular formula is C9H4F3N2O3-. The smallest absolute Gasteiger partial charge is 0.523 e. The number of carboxylic acid groups (broad SMARTS) is 1. The maximum absolute atomic E-state index is 12.1. The molecule has 0 N–H and O–H groups in total. The summed E-state index contributed by atoms with van der Waals surface area (Å²) in [4.78, 5) is 10.6. The Bertz CT molecular complexity index is 488. The quantitative estimate of drug-likeness (QED) is 0.684. The first-order valence-corrected chi connectivity index (χ1v) is 4.39. The lowest BCUT2D eigenvalue weighted by atomic mass is 9.97. The third-order valence-electron chi connectivity index (χ3n) is 2.06. The second-order valence-corrected chi connectivity index (χ2v) is 3.17. The van der Waals surface area contributed by atoms with Gasteiger partial charge in [0.1, 0.15) is 17.5 Å². The van der Waals surface area contributed by atoms with Crippen LogP contribution in [0, 0.1) is 0 Å². The van der Waals surface area contributed by atoms with E-state index < -0.39 is 24.1 Å². The Morgan fingerprint density at radius 3 is 2.71 bits per heavy atom. The van der Waals surface area contributed by atoms with Crippen LogP contribution in [0.2, 0.25) is 0 Å². The highest BCUT2D eigenvalue weighted by Crippen LogP contribution is 2.26. The predicted molar refractivity (Wildman–Crippen MR) is 48.0 cm³/mol. The third-order valence-corrected chi connectivity index (χ3v) is 2.06. The average molecular weight is 245 g/mol. The summed E-state index contributed by atoms with van der Waals surface area (Å²) in [5.74, 6) is -1.60. The number of carbonyl (C=O) groups excluding carboxylic acids is 1. The van der Waals surface area contributed by atoms with E-state index in [0.29, 0.717) is 0 Å². The van der Waals surface area contributed by atoms with Crippen molar-refractivity contribution in [1.29, 1.82) is 0 Å². The van der Waals surface area contributed by atoms with Crippen LogP contribution < -0.4 is 5.11 Å². The van der Waals surface area contributed by atoms with Gasteiger partial charge in [-0.25, -0.2) is 0 Å². The molecule has 0 aromatic carbocycles. The highest BCUT2D eigenvalue weighted by Gasteiger charge is 2.38. The molecule has 0 amide bonds. The summed E-state index contributed by atoms with van der Waals surface area (Å²) >= 11 is 0. The highest BCUT2D eigenvalue weighted by molar-refractivity contribution is 6.51. The molecule has 0 fully saturated rings. The summed E-state index contributed by atoms with van der Waals surface area (Å²) in [6.45, 7) is 0. The molecule has 0 aromatic heterocycles. The van der Waals surface area contributed by atoms with E-state index in [0.717, 1.165) is 6.08 Å². The third kappa shape index (κ3) is 2.26. The van der Waals surface area contributed by atoms with Crippen LogP contribution in [0.4, 0.5) is 13.2 Å². The molecule has 1 aliphatic carbocycles. The van der Waals surface area contributed by atoms with E-state index >= 15 is 0 Å². The van der Waals surface area contributed by atoms with Gasteiger partial charge in [-0.3, -0.25) is 4.74 Å². The van der Waals surface area contributed by atoms with Crippen molar-refractivity contribution in [3.8, 4) is 0 Å². The topological polar surface area (TPSA) is 74.1 Å². The van der Waals surface area contributed by atoms with Crippen molar-refractivity contribution < 1.29 is 27.8 Å². The number of ether oxygens (including phenoxy) is 1. The second-order valence-electron chi connectivity index (χ2n) is 3.17. The zero-order valence-corrected chi connectivity index (χ0v) is 8.06. The van der Waals surface area contributed by atoms with Gasteiger partial charge < -0.3 is 9.90 Å². The SMILES string of the molecule is O=C([O-])C1=NN=C2C1=CC=CC2OC(F)(F)F. The first-order valence-electron chi connectivity index (χ1n) is 4.39. The van der Waals surface area contributed by atoms with E-state index in [1.807, 2.05) is 0 Å². The molecule has 0 radical (unpaired) electrons. The maximum Gasteiger partial charge on any atom is 0.523 e. The Kier molecular flexibility index (Phi) is 2.58. The summed E-state index contributed by atoms with van der Waals surface area (Å²) in [6, 6.07) is 0. The Morgan fingerprint density at radius 1 is 1.41 bits per heavy atom. The fourth-order valence-electron chi connectivity index (χ4n) is 1.44. The minimum absolute atomic E-state index is 0.0262. The number of allylic oxidation sites excluding steroid dienone is 2. The standard InChI is InChI=1S/C9H5F3N2O3/c10-9(11,12)17-5-3-1-2-4-6(5)13-14-7(4)8(15)16/h1-3,5H,(H,15,16)/p-1. The van der Waals surface area contributed by atoms with Crippen LogP contribution in [0.25, 0.3) is 0 Å². The summed E-state index contributed by atoms with van der Waals surface area (Å²) in [5, 5.41) is 17.2. The lowest BCUT2D eigenvalue weighted by molar-refractivity contribution is -0.328. The number of rotatable bonds is 2. The molecule has 2 rings (SSSR count). The monoisotopic (exact) mass is 245 g/mol. The lowest BCUT2D eigenvalue weighted by Gasteiger charge is -2.19.